The number of aryl methyl sites for hydroxylation is 1. The molecular formula is C23H16F2N2O3. The lowest BCUT2D eigenvalue weighted by Crippen LogP contribution is -2.17. The summed E-state index contributed by atoms with van der Waals surface area (Å²) in [4.78, 5) is 25.5. The van der Waals surface area contributed by atoms with Gasteiger partial charge in [0, 0.05) is 22.7 Å². The smallest absolute Gasteiger partial charge is 0.293 e. The van der Waals surface area contributed by atoms with Gasteiger partial charge in [0.25, 0.3) is 11.8 Å². The molecular weight excluding hydrogens is 390 g/mol. The number of benzene rings is 3. The summed E-state index contributed by atoms with van der Waals surface area (Å²) in [6, 6.07) is 16.8. The maximum atomic E-state index is 13.5. The van der Waals surface area contributed by atoms with Gasteiger partial charge in [-0.2, -0.15) is 0 Å². The van der Waals surface area contributed by atoms with E-state index in [9.17, 15) is 18.4 Å². The van der Waals surface area contributed by atoms with Crippen LogP contribution in [0.1, 0.15) is 26.5 Å². The Balaban J connectivity index is 1.69. The number of carbonyl (C=O) groups excluding carboxylic acids is 2. The number of fused-ring (bicyclic) bond motifs is 1. The standard InChI is InChI=1S/C23H16F2N2O3/c1-13-6-8-14(9-7-13)22(28)27-20-16-4-2-3-5-19(16)30-21(20)23(29)26-15-10-11-17(24)18(25)12-15/h2-12H,1H3,(H,26,29)(H,27,28). The van der Waals surface area contributed by atoms with Gasteiger partial charge < -0.3 is 15.1 Å². The Morgan fingerprint density at radius 2 is 1.57 bits per heavy atom. The van der Waals surface area contributed by atoms with Gasteiger partial charge in [-0.05, 0) is 43.3 Å². The summed E-state index contributed by atoms with van der Waals surface area (Å²) in [5.41, 5.74) is 2.06. The summed E-state index contributed by atoms with van der Waals surface area (Å²) >= 11 is 0. The van der Waals surface area contributed by atoms with E-state index in [0.717, 1.165) is 17.7 Å². The van der Waals surface area contributed by atoms with E-state index in [0.29, 0.717) is 16.5 Å². The number of anilines is 2. The molecule has 0 fully saturated rings. The van der Waals surface area contributed by atoms with Crippen LogP contribution in [0.4, 0.5) is 20.2 Å². The second-order valence-corrected chi connectivity index (χ2v) is 6.71. The third-order valence-electron chi connectivity index (χ3n) is 4.53. The lowest BCUT2D eigenvalue weighted by molar-refractivity contribution is 0.0999. The number of furan rings is 1. The molecule has 1 aromatic heterocycles. The number of nitrogens with one attached hydrogen (secondary N) is 2. The molecule has 7 heteroatoms. The Morgan fingerprint density at radius 3 is 2.30 bits per heavy atom. The molecule has 4 aromatic rings. The number of rotatable bonds is 4. The third kappa shape index (κ3) is 3.77. The number of hydrogen-bond donors (Lipinski definition) is 2. The molecule has 0 saturated carbocycles. The van der Waals surface area contributed by atoms with Crippen molar-refractivity contribution in [1.29, 1.82) is 0 Å². The highest BCUT2D eigenvalue weighted by atomic mass is 19.2. The average Bonchev–Trinajstić information content (AvgIpc) is 3.10. The summed E-state index contributed by atoms with van der Waals surface area (Å²) in [6.07, 6.45) is 0. The fourth-order valence-corrected chi connectivity index (χ4v) is 2.98. The van der Waals surface area contributed by atoms with Crippen LogP contribution in [-0.4, -0.2) is 11.8 Å². The molecule has 4 rings (SSSR count). The first-order valence-corrected chi connectivity index (χ1v) is 9.08. The fraction of sp³-hybridized carbons (Fsp3) is 0.0435. The van der Waals surface area contributed by atoms with Crippen molar-refractivity contribution in [3.8, 4) is 0 Å². The minimum atomic E-state index is -1.09. The molecule has 0 radical (unpaired) electrons. The number of amides is 2. The molecule has 3 aromatic carbocycles. The highest BCUT2D eigenvalue weighted by Gasteiger charge is 2.23. The van der Waals surface area contributed by atoms with Crippen LogP contribution in [0, 0.1) is 18.6 Å². The van der Waals surface area contributed by atoms with Crippen molar-refractivity contribution >= 4 is 34.2 Å². The zero-order valence-electron chi connectivity index (χ0n) is 15.8. The number of carbonyl (C=O) groups is 2. The zero-order valence-corrected chi connectivity index (χ0v) is 15.8. The van der Waals surface area contributed by atoms with Gasteiger partial charge in [-0.15, -0.1) is 0 Å². The van der Waals surface area contributed by atoms with Crippen LogP contribution >= 0.6 is 0 Å². The van der Waals surface area contributed by atoms with Gasteiger partial charge in [-0.25, -0.2) is 8.78 Å². The molecule has 0 aliphatic carbocycles. The first kappa shape index (κ1) is 19.3. The van der Waals surface area contributed by atoms with Crippen molar-refractivity contribution in [3.05, 3.63) is 95.3 Å². The van der Waals surface area contributed by atoms with E-state index >= 15 is 0 Å². The second kappa shape index (κ2) is 7.79. The second-order valence-electron chi connectivity index (χ2n) is 6.71. The molecule has 1 heterocycles. The van der Waals surface area contributed by atoms with Gasteiger partial charge in [0.15, 0.2) is 11.6 Å². The van der Waals surface area contributed by atoms with E-state index in [1.807, 2.05) is 6.92 Å². The molecule has 0 unspecified atom stereocenters. The van der Waals surface area contributed by atoms with Gasteiger partial charge in [0.05, 0.1) is 0 Å². The summed E-state index contributed by atoms with van der Waals surface area (Å²) in [7, 11) is 0. The molecule has 0 spiro atoms. The molecule has 150 valence electrons. The lowest BCUT2D eigenvalue weighted by Gasteiger charge is -2.08. The zero-order chi connectivity index (χ0) is 21.3. The van der Waals surface area contributed by atoms with Crippen molar-refractivity contribution in [2.75, 3.05) is 10.6 Å². The molecule has 0 atom stereocenters. The van der Waals surface area contributed by atoms with Gasteiger partial charge >= 0.3 is 0 Å². The van der Waals surface area contributed by atoms with Crippen LogP contribution in [0.3, 0.4) is 0 Å². The Kier molecular flexibility index (Phi) is 5.02. The van der Waals surface area contributed by atoms with Crippen molar-refractivity contribution in [2.24, 2.45) is 0 Å². The van der Waals surface area contributed by atoms with Crippen LogP contribution in [0.2, 0.25) is 0 Å². The van der Waals surface area contributed by atoms with E-state index in [1.54, 1.807) is 48.5 Å². The first-order valence-electron chi connectivity index (χ1n) is 9.08. The van der Waals surface area contributed by atoms with Gasteiger partial charge in [0.2, 0.25) is 5.76 Å². The lowest BCUT2D eigenvalue weighted by atomic mass is 10.1. The van der Waals surface area contributed by atoms with Crippen molar-refractivity contribution in [3.63, 3.8) is 0 Å². The van der Waals surface area contributed by atoms with E-state index in [2.05, 4.69) is 10.6 Å². The SMILES string of the molecule is Cc1ccc(C(=O)Nc2c(C(=O)Nc3ccc(F)c(F)c3)oc3ccccc23)cc1. The predicted octanol–water partition coefficient (Wildman–Crippen LogP) is 5.52. The number of para-hydroxylation sites is 1. The van der Waals surface area contributed by atoms with Gasteiger partial charge in [0.1, 0.15) is 11.3 Å². The van der Waals surface area contributed by atoms with Gasteiger partial charge in [-0.1, -0.05) is 29.8 Å². The third-order valence-corrected chi connectivity index (χ3v) is 4.53. The molecule has 5 nitrogen and oxygen atoms in total. The van der Waals surface area contributed by atoms with E-state index in [1.165, 1.54) is 6.07 Å². The van der Waals surface area contributed by atoms with Crippen molar-refractivity contribution in [2.45, 2.75) is 6.92 Å². The largest absolute Gasteiger partial charge is 0.449 e. The molecule has 2 N–H and O–H groups in total. The first-order chi connectivity index (χ1) is 14.4. The summed E-state index contributed by atoms with van der Waals surface area (Å²) in [6.45, 7) is 1.91. The summed E-state index contributed by atoms with van der Waals surface area (Å²) in [5, 5.41) is 5.72. The average molecular weight is 406 g/mol. The predicted molar refractivity (Wildman–Crippen MR) is 110 cm³/mol. The Morgan fingerprint density at radius 1 is 0.833 bits per heavy atom. The van der Waals surface area contributed by atoms with Crippen LogP contribution in [0.15, 0.2) is 71.1 Å². The molecule has 0 bridgehead atoms. The van der Waals surface area contributed by atoms with Crippen LogP contribution in [-0.2, 0) is 0 Å². The number of halogens is 2. The molecule has 2 amide bonds. The Labute approximate surface area is 170 Å². The molecule has 0 aliphatic rings. The maximum Gasteiger partial charge on any atom is 0.293 e. The van der Waals surface area contributed by atoms with E-state index < -0.39 is 23.4 Å². The van der Waals surface area contributed by atoms with Crippen LogP contribution < -0.4 is 10.6 Å². The molecule has 0 aliphatic heterocycles. The fourth-order valence-electron chi connectivity index (χ4n) is 2.98. The quantitative estimate of drug-likeness (QED) is 0.469. The van der Waals surface area contributed by atoms with Crippen LogP contribution in [0.5, 0.6) is 0 Å². The normalized spacial score (nSPS) is 10.8. The number of hydrogen-bond acceptors (Lipinski definition) is 3. The Hall–Kier alpha value is -4.00. The Bertz CT molecular complexity index is 1260. The van der Waals surface area contributed by atoms with Crippen LogP contribution in [0.25, 0.3) is 11.0 Å². The monoisotopic (exact) mass is 406 g/mol. The minimum Gasteiger partial charge on any atom is -0.449 e. The van der Waals surface area contributed by atoms with E-state index in [-0.39, 0.29) is 17.1 Å². The van der Waals surface area contributed by atoms with Crippen molar-refractivity contribution in [1.82, 2.24) is 0 Å². The summed E-state index contributed by atoms with van der Waals surface area (Å²) in [5.74, 6) is -3.39. The maximum absolute atomic E-state index is 13.5. The molecule has 0 saturated heterocycles. The topological polar surface area (TPSA) is 71.3 Å². The van der Waals surface area contributed by atoms with Gasteiger partial charge in [-0.3, -0.25) is 9.59 Å². The summed E-state index contributed by atoms with van der Waals surface area (Å²) < 4.78 is 32.2. The van der Waals surface area contributed by atoms with Crippen molar-refractivity contribution < 1.29 is 22.8 Å². The minimum absolute atomic E-state index is 0.0511. The highest BCUT2D eigenvalue weighted by Crippen LogP contribution is 2.32. The van der Waals surface area contributed by atoms with E-state index in [4.69, 9.17) is 4.42 Å². The highest BCUT2D eigenvalue weighted by molar-refractivity contribution is 6.16. The molecule has 30 heavy (non-hydrogen) atoms.